The lowest BCUT2D eigenvalue weighted by Crippen LogP contribution is -2.43. The van der Waals surface area contributed by atoms with Crippen molar-refractivity contribution in [3.05, 3.63) is 69.8 Å². The molecule has 0 saturated carbocycles. The lowest BCUT2D eigenvalue weighted by Gasteiger charge is -2.28. The van der Waals surface area contributed by atoms with Crippen molar-refractivity contribution in [3.8, 4) is 5.75 Å². The molecule has 1 fully saturated rings. The summed E-state index contributed by atoms with van der Waals surface area (Å²) in [5, 5.41) is 10.9. The molecule has 9 heteroatoms. The summed E-state index contributed by atoms with van der Waals surface area (Å²) in [6.45, 7) is 4.14. The molecule has 2 aromatic rings. The maximum Gasteiger partial charge on any atom is 0.273 e. The predicted octanol–water partition coefficient (Wildman–Crippen LogP) is 3.31. The SMILES string of the molecule is CC(C)c1ccc(CN(C(=O)COc2cccc([N+](=O)[O-])c2)[C@H]2CCS(=O)(=O)C2)cc1. The number of amides is 1. The first-order valence-corrected chi connectivity index (χ1v) is 11.9. The Kier molecular flexibility index (Phi) is 6.94. The van der Waals surface area contributed by atoms with Gasteiger partial charge in [0, 0.05) is 18.7 Å². The second kappa shape index (κ2) is 9.47. The molecular weight excluding hydrogens is 420 g/mol. The normalized spacial score (nSPS) is 17.5. The van der Waals surface area contributed by atoms with Crippen LogP contribution in [0.15, 0.2) is 48.5 Å². The highest BCUT2D eigenvalue weighted by molar-refractivity contribution is 7.91. The van der Waals surface area contributed by atoms with Gasteiger partial charge >= 0.3 is 0 Å². The highest BCUT2D eigenvalue weighted by Gasteiger charge is 2.34. The van der Waals surface area contributed by atoms with Crippen LogP contribution in [0.3, 0.4) is 0 Å². The maximum atomic E-state index is 13.0. The van der Waals surface area contributed by atoms with Crippen LogP contribution in [0.5, 0.6) is 5.75 Å². The average Bonchev–Trinajstić information content (AvgIpc) is 3.10. The van der Waals surface area contributed by atoms with E-state index in [1.807, 2.05) is 24.3 Å². The third-order valence-electron chi connectivity index (χ3n) is 5.36. The number of carbonyl (C=O) groups is 1. The summed E-state index contributed by atoms with van der Waals surface area (Å²) in [6, 6.07) is 13.1. The molecule has 1 saturated heterocycles. The zero-order valence-corrected chi connectivity index (χ0v) is 18.4. The number of benzene rings is 2. The number of hydrogen-bond acceptors (Lipinski definition) is 6. The zero-order valence-electron chi connectivity index (χ0n) is 17.6. The van der Waals surface area contributed by atoms with E-state index in [9.17, 15) is 23.3 Å². The molecule has 0 bridgehead atoms. The van der Waals surface area contributed by atoms with Gasteiger partial charge in [0.2, 0.25) is 0 Å². The molecule has 0 radical (unpaired) electrons. The molecule has 0 unspecified atom stereocenters. The van der Waals surface area contributed by atoms with Gasteiger partial charge in [-0.15, -0.1) is 0 Å². The van der Waals surface area contributed by atoms with Gasteiger partial charge in [-0.1, -0.05) is 44.2 Å². The van der Waals surface area contributed by atoms with Crippen molar-refractivity contribution in [2.24, 2.45) is 0 Å². The van der Waals surface area contributed by atoms with Crippen molar-refractivity contribution in [2.45, 2.75) is 38.8 Å². The topological polar surface area (TPSA) is 107 Å². The standard InChI is InChI=1S/C22H26N2O6S/c1-16(2)18-8-6-17(7-9-18)13-23(20-10-11-31(28,29)15-20)22(25)14-30-21-5-3-4-19(12-21)24(26)27/h3-9,12,16,20H,10-11,13-15H2,1-2H3/t20-/m0/s1. The second-order valence-electron chi connectivity index (χ2n) is 8.02. The fourth-order valence-electron chi connectivity index (χ4n) is 3.56. The number of ether oxygens (including phenoxy) is 1. The van der Waals surface area contributed by atoms with Crippen LogP contribution < -0.4 is 4.74 Å². The molecule has 1 amide bonds. The summed E-state index contributed by atoms with van der Waals surface area (Å²) in [5.74, 6) is 0.221. The molecule has 0 N–H and O–H groups in total. The molecule has 0 aliphatic carbocycles. The molecule has 0 spiro atoms. The molecule has 1 atom stereocenters. The van der Waals surface area contributed by atoms with Crippen LogP contribution in [0, 0.1) is 10.1 Å². The van der Waals surface area contributed by atoms with Crippen molar-refractivity contribution in [1.29, 1.82) is 0 Å². The summed E-state index contributed by atoms with van der Waals surface area (Å²) < 4.78 is 29.5. The Hall–Kier alpha value is -2.94. The Labute approximate surface area is 181 Å². The Morgan fingerprint density at radius 1 is 1.23 bits per heavy atom. The van der Waals surface area contributed by atoms with Gasteiger partial charge in [0.1, 0.15) is 5.75 Å². The van der Waals surface area contributed by atoms with E-state index in [2.05, 4.69) is 13.8 Å². The lowest BCUT2D eigenvalue weighted by atomic mass is 10.0. The van der Waals surface area contributed by atoms with Crippen molar-refractivity contribution in [2.75, 3.05) is 18.1 Å². The van der Waals surface area contributed by atoms with Crippen molar-refractivity contribution < 1.29 is 22.9 Å². The van der Waals surface area contributed by atoms with Crippen molar-refractivity contribution in [1.82, 2.24) is 4.90 Å². The minimum absolute atomic E-state index is 0.0550. The van der Waals surface area contributed by atoms with Crippen molar-refractivity contribution >= 4 is 21.4 Å². The first-order valence-electron chi connectivity index (χ1n) is 10.1. The number of carbonyl (C=O) groups excluding carboxylic acids is 1. The minimum atomic E-state index is -3.18. The Bertz CT molecular complexity index is 1050. The van der Waals surface area contributed by atoms with Gasteiger partial charge in [-0.2, -0.15) is 0 Å². The predicted molar refractivity (Wildman–Crippen MR) is 117 cm³/mol. The fourth-order valence-corrected chi connectivity index (χ4v) is 5.29. The van der Waals surface area contributed by atoms with Gasteiger partial charge in [0.15, 0.2) is 16.4 Å². The average molecular weight is 447 g/mol. The molecule has 3 rings (SSSR count). The summed E-state index contributed by atoms with van der Waals surface area (Å²) >= 11 is 0. The number of rotatable bonds is 8. The van der Waals surface area contributed by atoms with E-state index >= 15 is 0 Å². The van der Waals surface area contributed by atoms with Crippen molar-refractivity contribution in [3.63, 3.8) is 0 Å². The number of non-ortho nitro benzene ring substituents is 1. The number of hydrogen-bond donors (Lipinski definition) is 0. The molecule has 0 aromatic heterocycles. The summed E-state index contributed by atoms with van der Waals surface area (Å²) in [7, 11) is -3.18. The van der Waals surface area contributed by atoms with Gasteiger partial charge < -0.3 is 9.64 Å². The fraction of sp³-hybridized carbons (Fsp3) is 0.409. The summed E-state index contributed by atoms with van der Waals surface area (Å²) in [4.78, 5) is 24.9. The van der Waals surface area contributed by atoms with Crippen LogP contribution in [0.1, 0.15) is 37.3 Å². The number of nitro benzene ring substituents is 1. The third kappa shape index (κ3) is 6.04. The number of nitrogens with zero attached hydrogens (tertiary/aromatic N) is 2. The van der Waals surface area contributed by atoms with Crippen LogP contribution >= 0.6 is 0 Å². The van der Waals surface area contributed by atoms with Crippen LogP contribution in [0.2, 0.25) is 0 Å². The summed E-state index contributed by atoms with van der Waals surface area (Å²) in [6.07, 6.45) is 0.384. The van der Waals surface area contributed by atoms with Gasteiger partial charge in [-0.3, -0.25) is 14.9 Å². The van der Waals surface area contributed by atoms with E-state index in [0.717, 1.165) is 5.56 Å². The van der Waals surface area contributed by atoms with Gasteiger partial charge in [-0.05, 0) is 29.5 Å². The van der Waals surface area contributed by atoms with E-state index in [0.29, 0.717) is 12.3 Å². The minimum Gasteiger partial charge on any atom is -0.484 e. The third-order valence-corrected chi connectivity index (χ3v) is 7.11. The van der Waals surface area contributed by atoms with Gasteiger partial charge in [0.25, 0.3) is 11.6 Å². The van der Waals surface area contributed by atoms with Crippen LogP contribution in [-0.4, -0.2) is 48.3 Å². The second-order valence-corrected chi connectivity index (χ2v) is 10.2. The Morgan fingerprint density at radius 3 is 2.52 bits per heavy atom. The first kappa shape index (κ1) is 22.7. The maximum absolute atomic E-state index is 13.0. The molecule has 31 heavy (non-hydrogen) atoms. The highest BCUT2D eigenvalue weighted by atomic mass is 32.2. The zero-order chi connectivity index (χ0) is 22.6. The number of sulfone groups is 1. The molecule has 8 nitrogen and oxygen atoms in total. The highest BCUT2D eigenvalue weighted by Crippen LogP contribution is 2.23. The van der Waals surface area contributed by atoms with Crippen LogP contribution in [0.4, 0.5) is 5.69 Å². The largest absolute Gasteiger partial charge is 0.484 e. The number of nitro groups is 1. The quantitative estimate of drug-likeness (QED) is 0.455. The lowest BCUT2D eigenvalue weighted by molar-refractivity contribution is -0.384. The van der Waals surface area contributed by atoms with Gasteiger partial charge in [-0.25, -0.2) is 8.42 Å². The molecular formula is C22H26N2O6S. The van der Waals surface area contributed by atoms with E-state index in [4.69, 9.17) is 4.74 Å². The Morgan fingerprint density at radius 2 is 1.94 bits per heavy atom. The smallest absolute Gasteiger partial charge is 0.273 e. The van der Waals surface area contributed by atoms with Crippen LogP contribution in [-0.2, 0) is 21.2 Å². The molecule has 1 aliphatic heterocycles. The molecule has 1 heterocycles. The molecule has 166 valence electrons. The van der Waals surface area contributed by atoms with E-state index in [1.54, 1.807) is 4.90 Å². The Balaban J connectivity index is 1.74. The van der Waals surface area contributed by atoms with Crippen LogP contribution in [0.25, 0.3) is 0 Å². The summed E-state index contributed by atoms with van der Waals surface area (Å²) in [5.41, 5.74) is 1.95. The first-order chi connectivity index (χ1) is 14.6. The van der Waals surface area contributed by atoms with E-state index in [1.165, 1.54) is 29.8 Å². The van der Waals surface area contributed by atoms with E-state index in [-0.39, 0.29) is 42.0 Å². The van der Waals surface area contributed by atoms with E-state index < -0.39 is 20.8 Å². The monoisotopic (exact) mass is 446 g/mol. The molecule has 1 aliphatic rings. The molecule has 2 aromatic carbocycles. The van der Waals surface area contributed by atoms with Gasteiger partial charge in [0.05, 0.1) is 22.5 Å².